The van der Waals surface area contributed by atoms with Crippen molar-refractivity contribution in [2.24, 2.45) is 0 Å². The molecule has 0 fully saturated rings. The second-order valence-corrected chi connectivity index (χ2v) is 10.8. The largest absolute Gasteiger partial charge is 0.455 e. The van der Waals surface area contributed by atoms with E-state index in [1.807, 2.05) is 18.3 Å². The molecule has 0 aliphatic heterocycles. The van der Waals surface area contributed by atoms with Gasteiger partial charge < -0.3 is 8.98 Å². The monoisotopic (exact) mass is 536 g/mol. The molecule has 3 heterocycles. The van der Waals surface area contributed by atoms with Crippen LogP contribution in [0.3, 0.4) is 0 Å². The van der Waals surface area contributed by atoms with Crippen molar-refractivity contribution in [3.63, 3.8) is 0 Å². The van der Waals surface area contributed by atoms with E-state index in [-0.39, 0.29) is 0 Å². The van der Waals surface area contributed by atoms with Crippen LogP contribution < -0.4 is 0 Å². The molecule has 0 saturated carbocycles. The van der Waals surface area contributed by atoms with Gasteiger partial charge in [0.15, 0.2) is 0 Å². The van der Waals surface area contributed by atoms with Crippen LogP contribution in [0, 0.1) is 0 Å². The van der Waals surface area contributed by atoms with Crippen LogP contribution in [0.4, 0.5) is 0 Å². The van der Waals surface area contributed by atoms with Gasteiger partial charge in [0.2, 0.25) is 0 Å². The molecule has 0 saturated heterocycles. The number of rotatable bonds is 3. The van der Waals surface area contributed by atoms with Gasteiger partial charge in [0.25, 0.3) is 0 Å². The maximum atomic E-state index is 6.39. The van der Waals surface area contributed by atoms with E-state index in [2.05, 4.69) is 132 Å². The van der Waals surface area contributed by atoms with Crippen LogP contribution in [-0.4, -0.2) is 9.55 Å². The van der Waals surface area contributed by atoms with Gasteiger partial charge in [-0.15, -0.1) is 0 Å². The Morgan fingerprint density at radius 2 is 1.26 bits per heavy atom. The van der Waals surface area contributed by atoms with Crippen LogP contribution in [0.25, 0.3) is 82.6 Å². The molecular formula is C39H24N2O. The van der Waals surface area contributed by atoms with Crippen LogP contribution in [0.2, 0.25) is 0 Å². The third kappa shape index (κ3) is 3.37. The standard InChI is InChI=1S/C39H24N2O/c1-2-9-25(10-3-1)26-17-20-28(21-18-26)41-36-23-35(33-15-8-14-32-30-13-6-7-16-37(30)42-39(32)33)40-24-34(36)31-22-19-27-11-4-5-12-29(27)38(31)41/h1-24H. The lowest BCUT2D eigenvalue weighted by molar-refractivity contribution is 0.670. The number of benzene rings is 6. The molecule has 9 rings (SSSR count). The lowest BCUT2D eigenvalue weighted by Gasteiger charge is -2.11. The third-order valence-corrected chi connectivity index (χ3v) is 8.45. The number of fused-ring (bicyclic) bond motifs is 8. The highest BCUT2D eigenvalue weighted by Crippen LogP contribution is 2.40. The molecule has 3 nitrogen and oxygen atoms in total. The summed E-state index contributed by atoms with van der Waals surface area (Å²) in [6.07, 6.45) is 2.03. The van der Waals surface area contributed by atoms with Crippen molar-refractivity contribution in [2.75, 3.05) is 0 Å². The van der Waals surface area contributed by atoms with Crippen LogP contribution in [0.5, 0.6) is 0 Å². The van der Waals surface area contributed by atoms with Crippen LogP contribution in [0.1, 0.15) is 0 Å². The summed E-state index contributed by atoms with van der Waals surface area (Å²) in [5.41, 5.74) is 9.47. The molecule has 0 unspecified atom stereocenters. The van der Waals surface area contributed by atoms with Gasteiger partial charge in [-0.3, -0.25) is 4.98 Å². The fourth-order valence-electron chi connectivity index (χ4n) is 6.47. The van der Waals surface area contributed by atoms with Crippen LogP contribution in [0.15, 0.2) is 150 Å². The molecule has 3 aromatic heterocycles. The first-order chi connectivity index (χ1) is 20.8. The highest BCUT2D eigenvalue weighted by atomic mass is 16.3. The summed E-state index contributed by atoms with van der Waals surface area (Å²) in [4.78, 5) is 5.02. The average Bonchev–Trinajstić information content (AvgIpc) is 3.61. The third-order valence-electron chi connectivity index (χ3n) is 8.45. The Morgan fingerprint density at radius 1 is 0.524 bits per heavy atom. The summed E-state index contributed by atoms with van der Waals surface area (Å²) in [7, 11) is 0. The van der Waals surface area contributed by atoms with E-state index in [4.69, 9.17) is 9.40 Å². The lowest BCUT2D eigenvalue weighted by atomic mass is 10.0. The molecule has 0 bridgehead atoms. The first-order valence-electron chi connectivity index (χ1n) is 14.2. The number of para-hydroxylation sites is 2. The maximum Gasteiger partial charge on any atom is 0.144 e. The van der Waals surface area contributed by atoms with Gasteiger partial charge in [-0.05, 0) is 46.8 Å². The summed E-state index contributed by atoms with van der Waals surface area (Å²) in [5, 5.41) is 6.98. The summed E-state index contributed by atoms with van der Waals surface area (Å²) in [5.74, 6) is 0. The molecule has 0 N–H and O–H groups in total. The summed E-state index contributed by atoms with van der Waals surface area (Å²) in [6.45, 7) is 0. The minimum atomic E-state index is 0.867. The number of aromatic nitrogens is 2. The van der Waals surface area contributed by atoms with E-state index in [9.17, 15) is 0 Å². The predicted molar refractivity (Wildman–Crippen MR) is 174 cm³/mol. The van der Waals surface area contributed by atoms with Crippen molar-refractivity contribution >= 4 is 54.5 Å². The number of hydrogen-bond donors (Lipinski definition) is 0. The van der Waals surface area contributed by atoms with Crippen molar-refractivity contribution in [1.82, 2.24) is 9.55 Å². The predicted octanol–water partition coefficient (Wildman–Crippen LogP) is 10.6. The van der Waals surface area contributed by atoms with E-state index in [1.165, 1.54) is 32.8 Å². The molecule has 42 heavy (non-hydrogen) atoms. The fraction of sp³-hybridized carbons (Fsp3) is 0. The molecule has 0 amide bonds. The first kappa shape index (κ1) is 23.1. The van der Waals surface area contributed by atoms with Crippen molar-refractivity contribution in [1.29, 1.82) is 0 Å². The van der Waals surface area contributed by atoms with Gasteiger partial charge in [0.1, 0.15) is 11.2 Å². The fourth-order valence-corrected chi connectivity index (χ4v) is 6.47. The zero-order valence-electron chi connectivity index (χ0n) is 22.7. The molecule has 196 valence electrons. The maximum absolute atomic E-state index is 6.39. The molecular weight excluding hydrogens is 512 g/mol. The van der Waals surface area contributed by atoms with E-state index in [0.717, 1.165) is 49.8 Å². The quantitative estimate of drug-likeness (QED) is 0.225. The number of nitrogens with zero attached hydrogens (tertiary/aromatic N) is 2. The van der Waals surface area contributed by atoms with Crippen LogP contribution in [-0.2, 0) is 0 Å². The first-order valence-corrected chi connectivity index (χ1v) is 14.2. The zero-order chi connectivity index (χ0) is 27.6. The summed E-state index contributed by atoms with van der Waals surface area (Å²) in [6, 6.07) is 49.2. The molecule has 0 atom stereocenters. The average molecular weight is 537 g/mol. The van der Waals surface area contributed by atoms with E-state index < -0.39 is 0 Å². The van der Waals surface area contributed by atoms with Crippen molar-refractivity contribution in [3.05, 3.63) is 146 Å². The number of hydrogen-bond acceptors (Lipinski definition) is 2. The van der Waals surface area contributed by atoms with E-state index in [0.29, 0.717) is 0 Å². The molecule has 3 heteroatoms. The Morgan fingerprint density at radius 3 is 2.14 bits per heavy atom. The lowest BCUT2D eigenvalue weighted by Crippen LogP contribution is -1.95. The number of furan rings is 1. The summed E-state index contributed by atoms with van der Waals surface area (Å²) >= 11 is 0. The molecule has 0 spiro atoms. The Labute approximate surface area is 241 Å². The van der Waals surface area contributed by atoms with Crippen LogP contribution >= 0.6 is 0 Å². The zero-order valence-corrected chi connectivity index (χ0v) is 22.7. The Hall–Kier alpha value is -5.67. The van der Waals surface area contributed by atoms with Gasteiger partial charge in [0, 0.05) is 44.4 Å². The van der Waals surface area contributed by atoms with Crippen molar-refractivity contribution in [3.8, 4) is 28.1 Å². The topological polar surface area (TPSA) is 31.0 Å². The highest BCUT2D eigenvalue weighted by molar-refractivity contribution is 6.19. The number of pyridine rings is 1. The highest BCUT2D eigenvalue weighted by Gasteiger charge is 2.18. The Balaban J connectivity index is 1.33. The summed E-state index contributed by atoms with van der Waals surface area (Å²) < 4.78 is 8.78. The second-order valence-electron chi connectivity index (χ2n) is 10.8. The minimum Gasteiger partial charge on any atom is -0.455 e. The molecule has 0 aliphatic carbocycles. The van der Waals surface area contributed by atoms with Gasteiger partial charge >= 0.3 is 0 Å². The Kier molecular flexibility index (Phi) is 4.90. The second kappa shape index (κ2) is 8.92. The van der Waals surface area contributed by atoms with Gasteiger partial charge in [-0.2, -0.15) is 0 Å². The molecule has 0 radical (unpaired) electrons. The van der Waals surface area contributed by atoms with Gasteiger partial charge in [-0.1, -0.05) is 109 Å². The molecule has 6 aromatic carbocycles. The normalized spacial score (nSPS) is 11.8. The van der Waals surface area contributed by atoms with Gasteiger partial charge in [0.05, 0.1) is 16.7 Å². The smallest absolute Gasteiger partial charge is 0.144 e. The molecule has 9 aromatic rings. The van der Waals surface area contributed by atoms with E-state index in [1.54, 1.807) is 0 Å². The van der Waals surface area contributed by atoms with Gasteiger partial charge in [-0.25, -0.2) is 0 Å². The SMILES string of the molecule is c1ccc(-c2ccc(-n3c4cc(-c5cccc6c5oc5ccccc56)ncc4c4ccc5ccccc5c43)cc2)cc1. The van der Waals surface area contributed by atoms with E-state index >= 15 is 0 Å². The van der Waals surface area contributed by atoms with Crippen molar-refractivity contribution in [2.45, 2.75) is 0 Å². The minimum absolute atomic E-state index is 0.867. The Bertz CT molecular complexity index is 2450. The van der Waals surface area contributed by atoms with Crippen molar-refractivity contribution < 1.29 is 4.42 Å². The molecule has 0 aliphatic rings.